The molecule has 26 heavy (non-hydrogen) atoms. The molecule has 0 spiro atoms. The van der Waals surface area contributed by atoms with Crippen molar-refractivity contribution in [3.8, 4) is 11.5 Å². The Morgan fingerprint density at radius 1 is 1.27 bits per heavy atom. The first-order chi connectivity index (χ1) is 12.5. The maximum absolute atomic E-state index is 13.5. The van der Waals surface area contributed by atoms with E-state index in [1.807, 2.05) is 0 Å². The van der Waals surface area contributed by atoms with Crippen molar-refractivity contribution in [1.82, 2.24) is 5.43 Å². The molecule has 0 fully saturated rings. The lowest BCUT2D eigenvalue weighted by atomic mass is 10.1. The van der Waals surface area contributed by atoms with Crippen molar-refractivity contribution in [1.29, 1.82) is 0 Å². The van der Waals surface area contributed by atoms with E-state index in [0.29, 0.717) is 5.75 Å². The Morgan fingerprint density at radius 3 is 2.54 bits per heavy atom. The summed E-state index contributed by atoms with van der Waals surface area (Å²) in [6.07, 6.45) is 1.20. The minimum Gasteiger partial charge on any atom is -0.493 e. The molecule has 2 N–H and O–H groups in total. The number of anilines is 1. The molecule has 0 heterocycles. The third-order valence-corrected chi connectivity index (χ3v) is 3.41. The summed E-state index contributed by atoms with van der Waals surface area (Å²) in [5.74, 6) is 0.0591. The number of methoxy groups -OCH3 is 2. The van der Waals surface area contributed by atoms with Gasteiger partial charge in [-0.25, -0.2) is 4.39 Å². The molecule has 0 atom stereocenters. The van der Waals surface area contributed by atoms with Crippen molar-refractivity contribution in [3.05, 3.63) is 57.9 Å². The number of ether oxygens (including phenoxy) is 2. The molecule has 8 nitrogen and oxygen atoms in total. The molecule has 10 heteroatoms. The van der Waals surface area contributed by atoms with Gasteiger partial charge in [-0.3, -0.25) is 15.5 Å². The van der Waals surface area contributed by atoms with Crippen LogP contribution in [0.3, 0.4) is 0 Å². The van der Waals surface area contributed by atoms with Crippen molar-refractivity contribution < 1.29 is 18.8 Å². The number of hydrazone groups is 1. The summed E-state index contributed by atoms with van der Waals surface area (Å²) in [4.78, 5) is 10.6. The standard InChI is InChI=1S/C16H15FN4O4S/c1-24-14-7-10(13(21(22)23)8-15(14)25-2)9-18-20-16(26)19-12-6-4-3-5-11(12)17/h3-9H,1-2H3,(H2,19,20,26)/b18-9-. The number of nitrogens with one attached hydrogen (secondary N) is 2. The molecule has 2 aromatic carbocycles. The summed E-state index contributed by atoms with van der Waals surface area (Å²) in [6, 6.07) is 8.62. The second-order valence-corrected chi connectivity index (χ2v) is 5.24. The predicted octanol–water partition coefficient (Wildman–Crippen LogP) is 3.07. The van der Waals surface area contributed by atoms with E-state index in [-0.39, 0.29) is 27.8 Å². The van der Waals surface area contributed by atoms with Crippen molar-refractivity contribution in [2.45, 2.75) is 0 Å². The van der Waals surface area contributed by atoms with Crippen LogP contribution in [0.2, 0.25) is 0 Å². The van der Waals surface area contributed by atoms with E-state index in [4.69, 9.17) is 21.7 Å². The molecule has 2 rings (SSSR count). The first-order valence-corrected chi connectivity index (χ1v) is 7.62. The van der Waals surface area contributed by atoms with Crippen LogP contribution in [-0.4, -0.2) is 30.5 Å². The maximum Gasteiger partial charge on any atom is 0.282 e. The van der Waals surface area contributed by atoms with Gasteiger partial charge in [0.2, 0.25) is 0 Å². The van der Waals surface area contributed by atoms with E-state index < -0.39 is 10.7 Å². The molecule has 0 saturated heterocycles. The van der Waals surface area contributed by atoms with Gasteiger partial charge in [0, 0.05) is 0 Å². The highest BCUT2D eigenvalue weighted by atomic mass is 32.1. The molecule has 0 radical (unpaired) electrons. The molecule has 0 aliphatic rings. The topological polar surface area (TPSA) is 98.0 Å². The average Bonchev–Trinajstić information content (AvgIpc) is 2.62. The molecule has 0 bridgehead atoms. The summed E-state index contributed by atoms with van der Waals surface area (Å²) < 4.78 is 23.7. The Hall–Kier alpha value is -3.27. The number of benzene rings is 2. The lowest BCUT2D eigenvalue weighted by Gasteiger charge is -2.09. The fourth-order valence-electron chi connectivity index (χ4n) is 2.02. The predicted molar refractivity (Wildman–Crippen MR) is 99.6 cm³/mol. The SMILES string of the molecule is COc1cc(/C=N\NC(=S)Nc2ccccc2F)c([N+](=O)[O-])cc1OC. The molecule has 2 aromatic rings. The highest BCUT2D eigenvalue weighted by molar-refractivity contribution is 7.80. The molecule has 0 aliphatic carbocycles. The zero-order valence-corrected chi connectivity index (χ0v) is 14.7. The maximum atomic E-state index is 13.5. The molecular formula is C16H15FN4O4S. The van der Waals surface area contributed by atoms with E-state index in [2.05, 4.69) is 15.8 Å². The lowest BCUT2D eigenvalue weighted by Crippen LogP contribution is -2.24. The van der Waals surface area contributed by atoms with Crippen LogP contribution in [0.25, 0.3) is 0 Å². The third-order valence-electron chi connectivity index (χ3n) is 3.22. The van der Waals surface area contributed by atoms with Gasteiger partial charge in [-0.05, 0) is 30.4 Å². The van der Waals surface area contributed by atoms with Crippen LogP contribution in [0.1, 0.15) is 5.56 Å². The summed E-state index contributed by atoms with van der Waals surface area (Å²) in [5.41, 5.74) is 2.60. The number of nitro groups is 1. The quantitative estimate of drug-likeness (QED) is 0.345. The van der Waals surface area contributed by atoms with E-state index >= 15 is 0 Å². The second-order valence-electron chi connectivity index (χ2n) is 4.83. The zero-order valence-electron chi connectivity index (χ0n) is 13.9. The van der Waals surface area contributed by atoms with Crippen LogP contribution in [0.15, 0.2) is 41.5 Å². The van der Waals surface area contributed by atoms with Crippen LogP contribution in [0, 0.1) is 15.9 Å². The first kappa shape index (κ1) is 19.1. The van der Waals surface area contributed by atoms with Gasteiger partial charge in [0.1, 0.15) is 5.82 Å². The molecule has 0 saturated carbocycles. The minimum atomic E-state index is -0.570. The van der Waals surface area contributed by atoms with Gasteiger partial charge in [-0.15, -0.1) is 0 Å². The number of halogens is 1. The van der Waals surface area contributed by atoms with Crippen LogP contribution < -0.4 is 20.2 Å². The van der Waals surface area contributed by atoms with Gasteiger partial charge in [-0.2, -0.15) is 5.10 Å². The first-order valence-electron chi connectivity index (χ1n) is 7.21. The summed E-state index contributed by atoms with van der Waals surface area (Å²) in [7, 11) is 2.79. The Kier molecular flexibility index (Phi) is 6.39. The number of nitrogens with zero attached hydrogens (tertiary/aromatic N) is 2. The number of rotatable bonds is 6. The van der Waals surface area contributed by atoms with Crippen molar-refractivity contribution in [2.24, 2.45) is 5.10 Å². The summed E-state index contributed by atoms with van der Waals surface area (Å²) >= 11 is 5.00. The van der Waals surface area contributed by atoms with Crippen molar-refractivity contribution in [3.63, 3.8) is 0 Å². The third kappa shape index (κ3) is 4.63. The Labute approximate surface area is 153 Å². The van der Waals surface area contributed by atoms with Crippen LogP contribution in [0.5, 0.6) is 11.5 Å². The molecule has 136 valence electrons. The molecule has 0 aliphatic heterocycles. The van der Waals surface area contributed by atoms with Crippen LogP contribution in [-0.2, 0) is 0 Å². The number of hydrogen-bond acceptors (Lipinski definition) is 6. The zero-order chi connectivity index (χ0) is 19.1. The fraction of sp³-hybridized carbons (Fsp3) is 0.125. The molecule has 0 aromatic heterocycles. The van der Waals surface area contributed by atoms with Crippen LogP contribution in [0.4, 0.5) is 15.8 Å². The highest BCUT2D eigenvalue weighted by Gasteiger charge is 2.18. The smallest absolute Gasteiger partial charge is 0.282 e. The van der Waals surface area contributed by atoms with E-state index in [9.17, 15) is 14.5 Å². The van der Waals surface area contributed by atoms with E-state index in [1.54, 1.807) is 12.1 Å². The van der Waals surface area contributed by atoms with Gasteiger partial charge < -0.3 is 14.8 Å². The average molecular weight is 378 g/mol. The largest absolute Gasteiger partial charge is 0.493 e. The number of thiocarbonyl (C=S) groups is 1. The van der Waals surface area contributed by atoms with Gasteiger partial charge in [0.25, 0.3) is 5.69 Å². The second kappa shape index (κ2) is 8.72. The van der Waals surface area contributed by atoms with Crippen LogP contribution >= 0.6 is 12.2 Å². The summed E-state index contributed by atoms with van der Waals surface area (Å²) in [5, 5.41) is 17.7. The van der Waals surface area contributed by atoms with E-state index in [0.717, 1.165) is 0 Å². The number of nitro benzene ring substituents is 1. The van der Waals surface area contributed by atoms with Gasteiger partial charge >= 0.3 is 0 Å². The van der Waals surface area contributed by atoms with Gasteiger partial charge in [0.15, 0.2) is 16.6 Å². The Morgan fingerprint density at radius 2 is 1.92 bits per heavy atom. The number of para-hydroxylation sites is 1. The number of hydrogen-bond donors (Lipinski definition) is 2. The summed E-state index contributed by atoms with van der Waals surface area (Å²) in [6.45, 7) is 0. The molecule has 0 unspecified atom stereocenters. The van der Waals surface area contributed by atoms with E-state index in [1.165, 1.54) is 44.7 Å². The highest BCUT2D eigenvalue weighted by Crippen LogP contribution is 2.33. The monoisotopic (exact) mass is 378 g/mol. The fourth-order valence-corrected chi connectivity index (χ4v) is 2.18. The normalized spacial score (nSPS) is 10.4. The van der Waals surface area contributed by atoms with Gasteiger partial charge in [0.05, 0.1) is 42.7 Å². The van der Waals surface area contributed by atoms with Gasteiger partial charge in [-0.1, -0.05) is 12.1 Å². The lowest BCUT2D eigenvalue weighted by molar-refractivity contribution is -0.385. The van der Waals surface area contributed by atoms with Crippen molar-refractivity contribution in [2.75, 3.05) is 19.5 Å². The Bertz CT molecular complexity index is 860. The Balaban J connectivity index is 2.15. The minimum absolute atomic E-state index is 0.0227. The molecule has 0 amide bonds. The molecular weight excluding hydrogens is 363 g/mol. The van der Waals surface area contributed by atoms with Crippen molar-refractivity contribution >= 4 is 34.9 Å².